The predicted molar refractivity (Wildman–Crippen MR) is 93.3 cm³/mol. The lowest BCUT2D eigenvalue weighted by molar-refractivity contribution is -0.136. The van der Waals surface area contributed by atoms with E-state index in [0.29, 0.717) is 19.5 Å². The SMILES string of the molecule is Cc1ccc(S(=O)(=O)NC(=O)C2CCCN(C(=O)C3CC3)C2)cc1C. The van der Waals surface area contributed by atoms with Crippen LogP contribution in [-0.4, -0.2) is 38.2 Å². The molecule has 0 aromatic heterocycles. The number of aryl methyl sites for hydroxylation is 2. The van der Waals surface area contributed by atoms with Gasteiger partial charge in [-0.05, 0) is 62.8 Å². The summed E-state index contributed by atoms with van der Waals surface area (Å²) in [7, 11) is -3.89. The molecule has 136 valence electrons. The van der Waals surface area contributed by atoms with Gasteiger partial charge >= 0.3 is 0 Å². The second kappa shape index (κ2) is 6.78. The fourth-order valence-electron chi connectivity index (χ4n) is 3.14. The van der Waals surface area contributed by atoms with Crippen LogP contribution in [0.2, 0.25) is 0 Å². The minimum absolute atomic E-state index is 0.0886. The quantitative estimate of drug-likeness (QED) is 0.882. The molecule has 1 unspecified atom stereocenters. The van der Waals surface area contributed by atoms with Gasteiger partial charge in [-0.2, -0.15) is 0 Å². The molecule has 1 aromatic rings. The van der Waals surface area contributed by atoms with Crippen molar-refractivity contribution >= 4 is 21.8 Å². The zero-order chi connectivity index (χ0) is 18.2. The Balaban J connectivity index is 1.67. The highest BCUT2D eigenvalue weighted by molar-refractivity contribution is 7.90. The highest BCUT2D eigenvalue weighted by Crippen LogP contribution is 2.32. The zero-order valence-electron chi connectivity index (χ0n) is 14.6. The number of sulfonamides is 1. The van der Waals surface area contributed by atoms with Crippen LogP contribution < -0.4 is 4.72 Å². The first-order valence-corrected chi connectivity index (χ1v) is 10.2. The number of nitrogens with zero attached hydrogens (tertiary/aromatic N) is 1. The third-order valence-corrected chi connectivity index (χ3v) is 6.40. The van der Waals surface area contributed by atoms with E-state index in [1.54, 1.807) is 17.0 Å². The van der Waals surface area contributed by atoms with Crippen LogP contribution in [0.3, 0.4) is 0 Å². The van der Waals surface area contributed by atoms with Gasteiger partial charge in [0.25, 0.3) is 10.0 Å². The van der Waals surface area contributed by atoms with Crippen LogP contribution in [0.15, 0.2) is 23.1 Å². The Morgan fingerprint density at radius 3 is 2.44 bits per heavy atom. The molecule has 1 N–H and O–H groups in total. The minimum atomic E-state index is -3.89. The summed E-state index contributed by atoms with van der Waals surface area (Å²) in [5.41, 5.74) is 1.85. The van der Waals surface area contributed by atoms with Gasteiger partial charge in [-0.1, -0.05) is 6.07 Å². The zero-order valence-corrected chi connectivity index (χ0v) is 15.4. The van der Waals surface area contributed by atoms with Crippen molar-refractivity contribution in [1.29, 1.82) is 0 Å². The predicted octanol–water partition coefficient (Wildman–Crippen LogP) is 1.76. The summed E-state index contributed by atoms with van der Waals surface area (Å²) in [6.45, 7) is 4.70. The summed E-state index contributed by atoms with van der Waals surface area (Å²) in [6, 6.07) is 4.79. The molecule has 2 aliphatic rings. The third-order valence-electron chi connectivity index (χ3n) is 5.05. The number of carbonyl (C=O) groups is 2. The molecule has 3 rings (SSSR count). The van der Waals surface area contributed by atoms with Gasteiger partial charge < -0.3 is 4.90 Å². The maximum atomic E-state index is 12.5. The monoisotopic (exact) mass is 364 g/mol. The molecule has 7 heteroatoms. The van der Waals surface area contributed by atoms with E-state index in [2.05, 4.69) is 4.72 Å². The third kappa shape index (κ3) is 4.03. The molecular weight excluding hydrogens is 340 g/mol. The number of piperidine rings is 1. The van der Waals surface area contributed by atoms with Gasteiger partial charge in [0.15, 0.2) is 0 Å². The Morgan fingerprint density at radius 2 is 1.80 bits per heavy atom. The maximum absolute atomic E-state index is 12.5. The molecule has 1 atom stereocenters. The smallest absolute Gasteiger partial charge is 0.264 e. The molecule has 1 aromatic carbocycles. The number of hydrogen-bond donors (Lipinski definition) is 1. The van der Waals surface area contributed by atoms with E-state index in [-0.39, 0.29) is 16.7 Å². The number of amides is 2. The van der Waals surface area contributed by atoms with E-state index in [4.69, 9.17) is 0 Å². The summed E-state index contributed by atoms with van der Waals surface area (Å²) in [4.78, 5) is 26.4. The molecule has 0 radical (unpaired) electrons. The summed E-state index contributed by atoms with van der Waals surface area (Å²) < 4.78 is 27.1. The summed E-state index contributed by atoms with van der Waals surface area (Å²) in [6.07, 6.45) is 3.17. The van der Waals surface area contributed by atoms with Crippen molar-refractivity contribution in [3.8, 4) is 0 Å². The molecule has 6 nitrogen and oxygen atoms in total. The second-order valence-electron chi connectivity index (χ2n) is 7.11. The topological polar surface area (TPSA) is 83.6 Å². The Kier molecular flexibility index (Phi) is 4.86. The Hall–Kier alpha value is -1.89. The first kappa shape index (κ1) is 17.9. The summed E-state index contributed by atoms with van der Waals surface area (Å²) >= 11 is 0. The van der Waals surface area contributed by atoms with Crippen LogP contribution in [0.5, 0.6) is 0 Å². The van der Waals surface area contributed by atoms with Crippen molar-refractivity contribution in [3.63, 3.8) is 0 Å². The van der Waals surface area contributed by atoms with E-state index in [1.807, 2.05) is 13.8 Å². The highest BCUT2D eigenvalue weighted by Gasteiger charge is 2.37. The van der Waals surface area contributed by atoms with Crippen molar-refractivity contribution in [2.45, 2.75) is 44.4 Å². The largest absolute Gasteiger partial charge is 0.342 e. The van der Waals surface area contributed by atoms with Crippen molar-refractivity contribution in [1.82, 2.24) is 9.62 Å². The summed E-state index contributed by atoms with van der Waals surface area (Å²) in [5, 5.41) is 0. The molecule has 1 heterocycles. The molecule has 1 saturated carbocycles. The van der Waals surface area contributed by atoms with E-state index in [1.165, 1.54) is 6.07 Å². The van der Waals surface area contributed by atoms with Gasteiger partial charge in [0.2, 0.25) is 11.8 Å². The molecule has 25 heavy (non-hydrogen) atoms. The first-order chi connectivity index (χ1) is 11.8. The van der Waals surface area contributed by atoms with Gasteiger partial charge in [0.05, 0.1) is 10.8 Å². The van der Waals surface area contributed by atoms with Gasteiger partial charge in [0.1, 0.15) is 0 Å². The van der Waals surface area contributed by atoms with Crippen LogP contribution in [-0.2, 0) is 19.6 Å². The summed E-state index contributed by atoms with van der Waals surface area (Å²) in [5.74, 6) is -0.778. The molecule has 0 spiro atoms. The Bertz CT molecular complexity index is 799. The lowest BCUT2D eigenvalue weighted by Gasteiger charge is -2.32. The van der Waals surface area contributed by atoms with Gasteiger partial charge in [-0.25, -0.2) is 13.1 Å². The second-order valence-corrected chi connectivity index (χ2v) is 8.80. The fourth-order valence-corrected chi connectivity index (χ4v) is 4.26. The number of nitrogens with one attached hydrogen (secondary N) is 1. The lowest BCUT2D eigenvalue weighted by atomic mass is 9.97. The number of likely N-dealkylation sites (tertiary alicyclic amines) is 1. The number of hydrogen-bond acceptors (Lipinski definition) is 4. The highest BCUT2D eigenvalue weighted by atomic mass is 32.2. The van der Waals surface area contributed by atoms with Crippen molar-refractivity contribution in [2.24, 2.45) is 11.8 Å². The first-order valence-electron chi connectivity index (χ1n) is 8.70. The van der Waals surface area contributed by atoms with Crippen molar-refractivity contribution in [2.75, 3.05) is 13.1 Å². The van der Waals surface area contributed by atoms with Gasteiger partial charge in [-0.3, -0.25) is 9.59 Å². The van der Waals surface area contributed by atoms with Gasteiger partial charge in [0, 0.05) is 19.0 Å². The van der Waals surface area contributed by atoms with E-state index in [9.17, 15) is 18.0 Å². The minimum Gasteiger partial charge on any atom is -0.342 e. The lowest BCUT2D eigenvalue weighted by Crippen LogP contribution is -2.47. The van der Waals surface area contributed by atoms with Gasteiger partial charge in [-0.15, -0.1) is 0 Å². The molecule has 2 amide bonds. The standard InChI is InChI=1S/C18H24N2O4S/c1-12-5-8-16(10-13(12)2)25(23,24)19-17(21)15-4-3-9-20(11-15)18(22)14-6-7-14/h5,8,10,14-15H,3-4,6-7,9,11H2,1-2H3,(H,19,21). The Labute approximate surface area is 148 Å². The molecule has 1 aliphatic carbocycles. The number of carbonyl (C=O) groups excluding carboxylic acids is 2. The van der Waals surface area contributed by atoms with Crippen LogP contribution >= 0.6 is 0 Å². The normalized spacial score (nSPS) is 21.0. The van der Waals surface area contributed by atoms with Crippen LogP contribution in [0.25, 0.3) is 0 Å². The maximum Gasteiger partial charge on any atom is 0.264 e. The molecule has 1 saturated heterocycles. The number of rotatable bonds is 4. The van der Waals surface area contributed by atoms with E-state index >= 15 is 0 Å². The van der Waals surface area contributed by atoms with Crippen LogP contribution in [0, 0.1) is 25.7 Å². The molecule has 0 bridgehead atoms. The van der Waals surface area contributed by atoms with Crippen LogP contribution in [0.4, 0.5) is 0 Å². The average molecular weight is 364 g/mol. The van der Waals surface area contributed by atoms with E-state index in [0.717, 1.165) is 30.4 Å². The van der Waals surface area contributed by atoms with Crippen LogP contribution in [0.1, 0.15) is 36.8 Å². The molecular formula is C18H24N2O4S. The molecule has 2 fully saturated rings. The van der Waals surface area contributed by atoms with E-state index < -0.39 is 21.8 Å². The van der Waals surface area contributed by atoms with Crippen molar-refractivity contribution < 1.29 is 18.0 Å². The Morgan fingerprint density at radius 1 is 1.08 bits per heavy atom. The fraction of sp³-hybridized carbons (Fsp3) is 0.556. The van der Waals surface area contributed by atoms with Crippen molar-refractivity contribution in [3.05, 3.63) is 29.3 Å². The average Bonchev–Trinajstić information content (AvgIpc) is 3.41. The molecule has 1 aliphatic heterocycles. The number of benzene rings is 1.